The summed E-state index contributed by atoms with van der Waals surface area (Å²) in [7, 11) is 0. The van der Waals surface area contributed by atoms with Crippen LogP contribution in [0.5, 0.6) is 0 Å². The van der Waals surface area contributed by atoms with E-state index in [0.29, 0.717) is 0 Å². The van der Waals surface area contributed by atoms with Crippen molar-refractivity contribution in [3.8, 4) is 0 Å². The molecule has 0 aliphatic carbocycles. The maximum atomic E-state index is 2.49. The third-order valence-electron chi connectivity index (χ3n) is 2.44. The van der Waals surface area contributed by atoms with E-state index in [1.807, 2.05) is 0 Å². The molecule has 0 fully saturated rings. The Balaban J connectivity index is 2.93. The van der Waals surface area contributed by atoms with Gasteiger partial charge in [0.2, 0.25) is 0 Å². The molecule has 0 N–H and O–H groups in total. The van der Waals surface area contributed by atoms with E-state index in [1.165, 1.54) is 4.44 Å². The first-order valence-electron chi connectivity index (χ1n) is 4.22. The molecule has 0 bridgehead atoms. The quantitative estimate of drug-likeness (QED) is 0.712. The predicted molar refractivity (Wildman–Crippen MR) is 54.0 cm³/mol. The molecule has 0 radical (unpaired) electrons. The molecule has 0 unspecified atom stereocenters. The Morgan fingerprint density at radius 2 is 1.64 bits per heavy atom. The van der Waals surface area contributed by atoms with Crippen LogP contribution in [-0.4, -0.2) is 18.4 Å². The number of hydrogen-bond acceptors (Lipinski definition) is 0. The molecule has 1 aromatic carbocycles. The normalized spacial score (nSPS) is 11.5. The summed E-state index contributed by atoms with van der Waals surface area (Å²) < 4.78 is 3.04. The first-order chi connectivity index (χ1) is 5.17. The van der Waals surface area contributed by atoms with E-state index in [-0.39, 0.29) is 0 Å². The number of hydrogen-bond donors (Lipinski definition) is 0. The Kier molecular flexibility index (Phi) is 2.99. The van der Waals surface area contributed by atoms with Gasteiger partial charge in [0.05, 0.1) is 0 Å². The average Bonchev–Trinajstić information content (AvgIpc) is 2.06. The van der Waals surface area contributed by atoms with Gasteiger partial charge in [-0.3, -0.25) is 0 Å². The summed E-state index contributed by atoms with van der Waals surface area (Å²) in [5.74, 6) is 0. The van der Waals surface area contributed by atoms with E-state index in [9.17, 15) is 0 Å². The average molecular weight is 255 g/mol. The fourth-order valence-corrected chi connectivity index (χ4v) is 5.38. The number of benzene rings is 1. The third kappa shape index (κ3) is 2.22. The summed E-state index contributed by atoms with van der Waals surface area (Å²) in [5.41, 5.74) is 0. The maximum absolute atomic E-state index is 2.49. The van der Waals surface area contributed by atoms with Gasteiger partial charge in [0.15, 0.2) is 0 Å². The van der Waals surface area contributed by atoms with Crippen LogP contribution in [0, 0.1) is 0 Å². The Morgan fingerprint density at radius 3 is 2.09 bits per heavy atom. The number of rotatable bonds is 2. The van der Waals surface area contributed by atoms with Gasteiger partial charge >= 0.3 is 73.5 Å². The molecule has 1 aromatic rings. The fourth-order valence-electron chi connectivity index (χ4n) is 1.09. The van der Waals surface area contributed by atoms with Gasteiger partial charge in [0.1, 0.15) is 0 Å². The van der Waals surface area contributed by atoms with Crippen LogP contribution in [0.25, 0.3) is 0 Å². The standard InChI is InChI=1S/C6H5.C2H5.2CH3.Sn/c1-2-4-6-5-3-1;1-2;;;/h1-5H;1H2,2H3;2*1H3;. The fraction of sp³-hybridized carbons (Fsp3) is 0.400. The molecular formula is C10H16Sn. The summed E-state index contributed by atoms with van der Waals surface area (Å²) >= 11 is -1.76. The second-order valence-electron chi connectivity index (χ2n) is 3.60. The third-order valence-corrected chi connectivity index (χ3v) is 12.9. The van der Waals surface area contributed by atoms with Gasteiger partial charge in [-0.15, -0.1) is 0 Å². The van der Waals surface area contributed by atoms with Crippen LogP contribution in [0.2, 0.25) is 14.3 Å². The van der Waals surface area contributed by atoms with Crippen molar-refractivity contribution in [2.45, 2.75) is 21.2 Å². The summed E-state index contributed by atoms with van der Waals surface area (Å²) in [6.07, 6.45) is 0. The van der Waals surface area contributed by atoms with Crippen LogP contribution < -0.4 is 3.58 Å². The van der Waals surface area contributed by atoms with Crippen molar-refractivity contribution >= 4 is 22.0 Å². The van der Waals surface area contributed by atoms with Crippen molar-refractivity contribution in [2.75, 3.05) is 0 Å². The Hall–Kier alpha value is 0.0187. The van der Waals surface area contributed by atoms with Gasteiger partial charge in [0.25, 0.3) is 0 Å². The molecule has 0 saturated heterocycles. The van der Waals surface area contributed by atoms with Crippen LogP contribution in [0.3, 0.4) is 0 Å². The molecular weight excluding hydrogens is 239 g/mol. The summed E-state index contributed by atoms with van der Waals surface area (Å²) in [4.78, 5) is 4.98. The minimum atomic E-state index is -1.76. The topological polar surface area (TPSA) is 0 Å². The Labute approximate surface area is 73.5 Å². The zero-order chi connectivity index (χ0) is 8.32. The summed E-state index contributed by atoms with van der Waals surface area (Å²) in [6, 6.07) is 11.0. The predicted octanol–water partition coefficient (Wildman–Crippen LogP) is 2.62. The molecule has 11 heavy (non-hydrogen) atoms. The first-order valence-corrected chi connectivity index (χ1v) is 13.4. The molecule has 60 valence electrons. The first kappa shape index (κ1) is 9.11. The second kappa shape index (κ2) is 3.61. The molecule has 1 rings (SSSR count). The van der Waals surface area contributed by atoms with Gasteiger partial charge in [-0.05, 0) is 0 Å². The molecule has 0 aromatic heterocycles. The molecule has 1 heteroatoms. The van der Waals surface area contributed by atoms with E-state index < -0.39 is 18.4 Å². The van der Waals surface area contributed by atoms with Gasteiger partial charge in [-0.1, -0.05) is 0 Å². The molecule has 0 heterocycles. The molecule has 0 amide bonds. The Morgan fingerprint density at radius 1 is 1.09 bits per heavy atom. The minimum absolute atomic E-state index is 1.40. The van der Waals surface area contributed by atoms with Gasteiger partial charge in [0, 0.05) is 0 Å². The van der Waals surface area contributed by atoms with E-state index >= 15 is 0 Å². The van der Waals surface area contributed by atoms with Gasteiger partial charge in [-0.25, -0.2) is 0 Å². The molecule has 0 nitrogen and oxygen atoms in total. The van der Waals surface area contributed by atoms with Gasteiger partial charge < -0.3 is 0 Å². The molecule has 0 aliphatic rings. The Bertz CT molecular complexity index is 214. The van der Waals surface area contributed by atoms with E-state index in [4.69, 9.17) is 0 Å². The van der Waals surface area contributed by atoms with E-state index in [2.05, 4.69) is 47.1 Å². The zero-order valence-corrected chi connectivity index (χ0v) is 10.4. The summed E-state index contributed by atoms with van der Waals surface area (Å²) in [6.45, 7) is 2.32. The van der Waals surface area contributed by atoms with Crippen molar-refractivity contribution in [1.29, 1.82) is 0 Å². The SMILES string of the molecule is C[CH2][Sn]([CH3])([CH3])[c]1ccccc1. The molecule has 0 aliphatic heterocycles. The van der Waals surface area contributed by atoms with Crippen molar-refractivity contribution in [1.82, 2.24) is 0 Å². The molecule has 0 atom stereocenters. The van der Waals surface area contributed by atoms with Crippen LogP contribution in [0.4, 0.5) is 0 Å². The van der Waals surface area contributed by atoms with Crippen LogP contribution >= 0.6 is 0 Å². The molecule has 0 spiro atoms. The van der Waals surface area contributed by atoms with Crippen LogP contribution in [0.15, 0.2) is 30.3 Å². The van der Waals surface area contributed by atoms with Crippen molar-refractivity contribution in [2.24, 2.45) is 0 Å². The van der Waals surface area contributed by atoms with Gasteiger partial charge in [-0.2, -0.15) is 0 Å². The van der Waals surface area contributed by atoms with E-state index in [1.54, 1.807) is 3.58 Å². The van der Waals surface area contributed by atoms with Crippen molar-refractivity contribution in [3.63, 3.8) is 0 Å². The van der Waals surface area contributed by atoms with Crippen LogP contribution in [-0.2, 0) is 0 Å². The summed E-state index contributed by atoms with van der Waals surface area (Å²) in [5, 5.41) is 0. The molecule has 0 saturated carbocycles. The van der Waals surface area contributed by atoms with Crippen molar-refractivity contribution < 1.29 is 0 Å². The van der Waals surface area contributed by atoms with Crippen molar-refractivity contribution in [3.05, 3.63) is 30.3 Å². The van der Waals surface area contributed by atoms with Crippen LogP contribution in [0.1, 0.15) is 6.92 Å². The zero-order valence-electron chi connectivity index (χ0n) is 7.59. The monoisotopic (exact) mass is 256 g/mol. The second-order valence-corrected chi connectivity index (χ2v) is 18.0. The van der Waals surface area contributed by atoms with E-state index in [0.717, 1.165) is 0 Å².